The van der Waals surface area contributed by atoms with E-state index in [0.29, 0.717) is 17.4 Å². The molecule has 3 nitrogen and oxygen atoms in total. The van der Waals surface area contributed by atoms with Gasteiger partial charge in [-0.2, -0.15) is 5.26 Å². The highest BCUT2D eigenvalue weighted by atomic mass is 16.5. The molecule has 1 saturated carbocycles. The van der Waals surface area contributed by atoms with Crippen molar-refractivity contribution < 1.29 is 4.74 Å². The van der Waals surface area contributed by atoms with Gasteiger partial charge in [0.05, 0.1) is 12.7 Å². The largest absolute Gasteiger partial charge is 0.495 e. The van der Waals surface area contributed by atoms with Crippen LogP contribution in [-0.2, 0) is 6.54 Å². The van der Waals surface area contributed by atoms with Crippen LogP contribution in [0.15, 0.2) is 18.2 Å². The van der Waals surface area contributed by atoms with E-state index in [4.69, 9.17) is 10.00 Å². The zero-order valence-corrected chi connectivity index (χ0v) is 11.1. The van der Waals surface area contributed by atoms with Crippen LogP contribution in [-0.4, -0.2) is 13.2 Å². The van der Waals surface area contributed by atoms with Crippen molar-refractivity contribution in [2.75, 3.05) is 7.11 Å². The summed E-state index contributed by atoms with van der Waals surface area (Å²) in [6, 6.07) is 8.45. The maximum absolute atomic E-state index is 8.93. The predicted molar refractivity (Wildman–Crippen MR) is 71.4 cm³/mol. The fraction of sp³-hybridized carbons (Fsp3) is 0.533. The van der Waals surface area contributed by atoms with E-state index < -0.39 is 0 Å². The van der Waals surface area contributed by atoms with Gasteiger partial charge in [0.2, 0.25) is 0 Å². The topological polar surface area (TPSA) is 45.0 Å². The Kier molecular flexibility index (Phi) is 4.22. The molecule has 3 heteroatoms. The molecule has 1 aromatic rings. The maximum Gasteiger partial charge on any atom is 0.136 e. The van der Waals surface area contributed by atoms with Crippen LogP contribution in [0.25, 0.3) is 0 Å². The lowest BCUT2D eigenvalue weighted by atomic mass is 9.80. The number of ether oxygens (including phenoxy) is 1. The van der Waals surface area contributed by atoms with Crippen LogP contribution in [0, 0.1) is 17.2 Å². The number of nitrogens with zero attached hydrogens (tertiary/aromatic N) is 1. The van der Waals surface area contributed by atoms with Gasteiger partial charge in [-0.15, -0.1) is 0 Å². The Morgan fingerprint density at radius 3 is 2.83 bits per heavy atom. The summed E-state index contributed by atoms with van der Waals surface area (Å²) >= 11 is 0. The third-order valence-electron chi connectivity index (χ3n) is 3.87. The Labute approximate surface area is 109 Å². The van der Waals surface area contributed by atoms with Crippen molar-refractivity contribution in [2.45, 2.75) is 38.8 Å². The minimum Gasteiger partial charge on any atom is -0.495 e. The summed E-state index contributed by atoms with van der Waals surface area (Å²) in [4.78, 5) is 0. The zero-order chi connectivity index (χ0) is 13.0. The SMILES string of the molecule is COc1cc(CNC(C)C2CCC2)ccc1C#N. The van der Waals surface area contributed by atoms with Gasteiger partial charge in [-0.05, 0) is 43.4 Å². The molecule has 1 N–H and O–H groups in total. The van der Waals surface area contributed by atoms with Crippen LogP contribution < -0.4 is 10.1 Å². The van der Waals surface area contributed by atoms with Crippen molar-refractivity contribution in [2.24, 2.45) is 5.92 Å². The molecule has 0 aromatic heterocycles. The third kappa shape index (κ3) is 2.83. The van der Waals surface area contributed by atoms with E-state index in [1.165, 1.54) is 19.3 Å². The molecule has 18 heavy (non-hydrogen) atoms. The average molecular weight is 244 g/mol. The van der Waals surface area contributed by atoms with E-state index in [-0.39, 0.29) is 0 Å². The molecule has 0 spiro atoms. The van der Waals surface area contributed by atoms with Gasteiger partial charge in [0.25, 0.3) is 0 Å². The lowest BCUT2D eigenvalue weighted by Crippen LogP contribution is -2.36. The lowest BCUT2D eigenvalue weighted by molar-refractivity contribution is 0.240. The highest BCUT2D eigenvalue weighted by Crippen LogP contribution is 2.29. The fourth-order valence-electron chi connectivity index (χ4n) is 2.32. The Morgan fingerprint density at radius 2 is 2.28 bits per heavy atom. The monoisotopic (exact) mass is 244 g/mol. The standard InChI is InChI=1S/C15H20N2O/c1-11(13-4-3-5-13)17-10-12-6-7-14(9-16)15(8-12)18-2/h6-8,11,13,17H,3-5,10H2,1-2H3. The summed E-state index contributed by atoms with van der Waals surface area (Å²) in [6.45, 7) is 3.09. The quantitative estimate of drug-likeness (QED) is 0.866. The molecule has 96 valence electrons. The first-order chi connectivity index (χ1) is 8.74. The van der Waals surface area contributed by atoms with Crippen molar-refractivity contribution in [3.63, 3.8) is 0 Å². The van der Waals surface area contributed by atoms with Crippen molar-refractivity contribution in [3.8, 4) is 11.8 Å². The van der Waals surface area contributed by atoms with Gasteiger partial charge in [0.15, 0.2) is 0 Å². The molecule has 0 saturated heterocycles. The molecule has 0 bridgehead atoms. The smallest absolute Gasteiger partial charge is 0.136 e. The maximum atomic E-state index is 8.93. The molecule has 1 fully saturated rings. The number of benzene rings is 1. The summed E-state index contributed by atoms with van der Waals surface area (Å²) in [7, 11) is 1.60. The molecule has 1 aliphatic carbocycles. The normalized spacial score (nSPS) is 16.7. The summed E-state index contributed by atoms with van der Waals surface area (Å²) < 4.78 is 5.21. The molecule has 0 amide bonds. The minimum atomic E-state index is 0.570. The average Bonchev–Trinajstić information content (AvgIpc) is 2.33. The van der Waals surface area contributed by atoms with Crippen molar-refractivity contribution in [1.29, 1.82) is 5.26 Å². The molecule has 0 aliphatic heterocycles. The van der Waals surface area contributed by atoms with Gasteiger partial charge < -0.3 is 10.1 Å². The summed E-state index contributed by atoms with van der Waals surface area (Å²) in [5, 5.41) is 12.5. The van der Waals surface area contributed by atoms with Crippen molar-refractivity contribution in [3.05, 3.63) is 29.3 Å². The number of nitriles is 1. The predicted octanol–water partition coefficient (Wildman–Crippen LogP) is 2.85. The first-order valence-corrected chi connectivity index (χ1v) is 6.55. The third-order valence-corrected chi connectivity index (χ3v) is 3.87. The fourth-order valence-corrected chi connectivity index (χ4v) is 2.32. The Hall–Kier alpha value is -1.53. The number of rotatable bonds is 5. The van der Waals surface area contributed by atoms with Crippen LogP contribution in [0.4, 0.5) is 0 Å². The van der Waals surface area contributed by atoms with E-state index in [0.717, 1.165) is 18.0 Å². The van der Waals surface area contributed by atoms with Crippen LogP contribution in [0.2, 0.25) is 0 Å². The number of hydrogen-bond donors (Lipinski definition) is 1. The minimum absolute atomic E-state index is 0.570. The van der Waals surface area contributed by atoms with Gasteiger partial charge in [-0.1, -0.05) is 12.5 Å². The molecule has 1 atom stereocenters. The van der Waals surface area contributed by atoms with Crippen molar-refractivity contribution >= 4 is 0 Å². The van der Waals surface area contributed by atoms with Crippen LogP contribution in [0.1, 0.15) is 37.3 Å². The van der Waals surface area contributed by atoms with E-state index in [1.807, 2.05) is 18.2 Å². The second kappa shape index (κ2) is 5.88. The Bertz CT molecular complexity index is 446. The summed E-state index contributed by atoms with van der Waals surface area (Å²) in [6.07, 6.45) is 4.08. The molecule has 0 heterocycles. The highest BCUT2D eigenvalue weighted by molar-refractivity contribution is 5.45. The van der Waals surface area contributed by atoms with E-state index in [1.54, 1.807) is 7.11 Å². The molecule has 1 aliphatic rings. The van der Waals surface area contributed by atoms with E-state index in [9.17, 15) is 0 Å². The first-order valence-electron chi connectivity index (χ1n) is 6.55. The van der Waals surface area contributed by atoms with Crippen LogP contribution in [0.5, 0.6) is 5.75 Å². The zero-order valence-electron chi connectivity index (χ0n) is 11.1. The van der Waals surface area contributed by atoms with Crippen LogP contribution >= 0.6 is 0 Å². The van der Waals surface area contributed by atoms with Gasteiger partial charge in [-0.25, -0.2) is 0 Å². The van der Waals surface area contributed by atoms with Gasteiger partial charge in [-0.3, -0.25) is 0 Å². The summed E-state index contributed by atoms with van der Waals surface area (Å²) in [5.41, 5.74) is 1.75. The Morgan fingerprint density at radius 1 is 1.50 bits per heavy atom. The molecule has 1 aromatic carbocycles. The first kappa shape index (κ1) is 12.9. The molecular formula is C15H20N2O. The van der Waals surface area contributed by atoms with E-state index in [2.05, 4.69) is 18.3 Å². The Balaban J connectivity index is 1.95. The molecule has 2 rings (SSSR count). The van der Waals surface area contributed by atoms with Gasteiger partial charge in [0, 0.05) is 12.6 Å². The molecular weight excluding hydrogens is 224 g/mol. The van der Waals surface area contributed by atoms with Crippen molar-refractivity contribution in [1.82, 2.24) is 5.32 Å². The van der Waals surface area contributed by atoms with E-state index >= 15 is 0 Å². The second-order valence-corrected chi connectivity index (χ2v) is 5.01. The molecule has 1 unspecified atom stereocenters. The number of methoxy groups -OCH3 is 1. The van der Waals surface area contributed by atoms with Gasteiger partial charge >= 0.3 is 0 Å². The number of hydrogen-bond acceptors (Lipinski definition) is 3. The second-order valence-electron chi connectivity index (χ2n) is 5.01. The van der Waals surface area contributed by atoms with Gasteiger partial charge in [0.1, 0.15) is 11.8 Å². The highest BCUT2D eigenvalue weighted by Gasteiger charge is 2.23. The number of nitrogens with one attached hydrogen (secondary N) is 1. The van der Waals surface area contributed by atoms with Crippen LogP contribution in [0.3, 0.4) is 0 Å². The summed E-state index contributed by atoms with van der Waals surface area (Å²) in [5.74, 6) is 1.50. The molecule has 0 radical (unpaired) electrons. The lowest BCUT2D eigenvalue weighted by Gasteiger charge is -2.32.